The Hall–Kier alpha value is -1.54. The van der Waals surface area contributed by atoms with Crippen molar-refractivity contribution >= 4 is 32.7 Å². The molecule has 7 heteroatoms. The standard InChI is InChI=1S/C16H14FNO2S3/c17-14-5-2-1-4-13(14)11-23(19,20)18-16(12-7-9-21-10-12)15-6-3-8-22-15/h1-10,16,18H,11H2/t16-/m0/s1. The van der Waals surface area contributed by atoms with Crippen molar-refractivity contribution in [1.29, 1.82) is 0 Å². The predicted octanol–water partition coefficient (Wildman–Crippen LogP) is 4.16. The van der Waals surface area contributed by atoms with E-state index < -0.39 is 21.9 Å². The number of halogens is 1. The summed E-state index contributed by atoms with van der Waals surface area (Å²) in [5.74, 6) is -0.896. The van der Waals surface area contributed by atoms with Gasteiger partial charge in [0.05, 0.1) is 11.8 Å². The Balaban J connectivity index is 1.86. The first-order valence-corrected chi connectivity index (χ1v) is 10.3. The fourth-order valence-corrected chi connectivity index (χ4v) is 5.14. The third-order valence-corrected chi connectivity index (χ3v) is 6.23. The van der Waals surface area contributed by atoms with E-state index in [1.807, 2.05) is 34.3 Å². The van der Waals surface area contributed by atoms with Crippen LogP contribution >= 0.6 is 22.7 Å². The highest BCUT2D eigenvalue weighted by atomic mass is 32.2. The Bertz CT molecular complexity index is 824. The van der Waals surface area contributed by atoms with Crippen LogP contribution in [0.3, 0.4) is 0 Å². The molecule has 0 aliphatic rings. The minimum atomic E-state index is -3.69. The molecular weight excluding hydrogens is 353 g/mol. The molecule has 3 nitrogen and oxygen atoms in total. The van der Waals surface area contributed by atoms with Crippen molar-refractivity contribution in [2.75, 3.05) is 0 Å². The number of rotatable bonds is 6. The second kappa shape index (κ2) is 6.92. The summed E-state index contributed by atoms with van der Waals surface area (Å²) in [6, 6.07) is 11.1. The minimum absolute atomic E-state index is 0.162. The van der Waals surface area contributed by atoms with E-state index in [-0.39, 0.29) is 11.3 Å². The summed E-state index contributed by atoms with van der Waals surface area (Å²) in [6.07, 6.45) is 0. The first kappa shape index (κ1) is 16.3. The molecule has 0 amide bonds. The molecule has 0 unspecified atom stereocenters. The molecule has 0 fully saturated rings. The van der Waals surface area contributed by atoms with Gasteiger partial charge in [0.1, 0.15) is 5.82 Å². The molecule has 1 N–H and O–H groups in total. The number of hydrogen-bond donors (Lipinski definition) is 1. The summed E-state index contributed by atoms with van der Waals surface area (Å²) in [5.41, 5.74) is 1.05. The van der Waals surface area contributed by atoms with Crippen molar-refractivity contribution in [3.05, 3.63) is 80.4 Å². The van der Waals surface area contributed by atoms with E-state index >= 15 is 0 Å². The van der Waals surface area contributed by atoms with E-state index in [0.29, 0.717) is 0 Å². The number of thiophene rings is 2. The van der Waals surface area contributed by atoms with Gasteiger partial charge in [0.25, 0.3) is 0 Å². The fraction of sp³-hybridized carbons (Fsp3) is 0.125. The lowest BCUT2D eigenvalue weighted by Gasteiger charge is -2.17. The van der Waals surface area contributed by atoms with Gasteiger partial charge in [-0.3, -0.25) is 0 Å². The highest BCUT2D eigenvalue weighted by Gasteiger charge is 2.23. The lowest BCUT2D eigenvalue weighted by atomic mass is 10.1. The average Bonchev–Trinajstić information content (AvgIpc) is 3.21. The molecule has 3 rings (SSSR count). The Kier molecular flexibility index (Phi) is 4.91. The van der Waals surface area contributed by atoms with Crippen molar-refractivity contribution in [2.45, 2.75) is 11.8 Å². The monoisotopic (exact) mass is 367 g/mol. The van der Waals surface area contributed by atoms with E-state index in [9.17, 15) is 12.8 Å². The number of hydrogen-bond acceptors (Lipinski definition) is 4. The maximum absolute atomic E-state index is 13.7. The summed E-state index contributed by atoms with van der Waals surface area (Å²) >= 11 is 2.99. The molecule has 23 heavy (non-hydrogen) atoms. The van der Waals surface area contributed by atoms with Crippen molar-refractivity contribution < 1.29 is 12.8 Å². The average molecular weight is 367 g/mol. The Morgan fingerprint density at radius 2 is 1.91 bits per heavy atom. The molecule has 120 valence electrons. The van der Waals surface area contributed by atoms with Gasteiger partial charge in [0, 0.05) is 10.4 Å². The van der Waals surface area contributed by atoms with E-state index in [4.69, 9.17) is 0 Å². The van der Waals surface area contributed by atoms with E-state index in [1.54, 1.807) is 12.1 Å². The molecular formula is C16H14FNO2S3. The van der Waals surface area contributed by atoms with Crippen molar-refractivity contribution in [1.82, 2.24) is 4.72 Å². The molecule has 3 aromatic rings. The van der Waals surface area contributed by atoms with E-state index in [1.165, 1.54) is 34.8 Å². The quantitative estimate of drug-likeness (QED) is 0.711. The van der Waals surface area contributed by atoms with E-state index in [2.05, 4.69) is 4.72 Å². The van der Waals surface area contributed by atoms with Gasteiger partial charge < -0.3 is 0 Å². The molecule has 0 aliphatic carbocycles. The van der Waals surface area contributed by atoms with Crippen molar-refractivity contribution in [3.63, 3.8) is 0 Å². The third-order valence-electron chi connectivity index (χ3n) is 3.30. The summed E-state index contributed by atoms with van der Waals surface area (Å²) in [7, 11) is -3.69. The van der Waals surface area contributed by atoms with Gasteiger partial charge in [-0.05, 0) is 39.9 Å². The van der Waals surface area contributed by atoms with Crippen LogP contribution < -0.4 is 4.72 Å². The highest BCUT2D eigenvalue weighted by molar-refractivity contribution is 7.88. The first-order chi connectivity index (χ1) is 11.1. The Labute approximate surface area is 142 Å². The molecule has 0 aliphatic heterocycles. The van der Waals surface area contributed by atoms with Crippen LogP contribution in [0.1, 0.15) is 22.0 Å². The van der Waals surface area contributed by atoms with E-state index in [0.717, 1.165) is 10.4 Å². The van der Waals surface area contributed by atoms with Crippen LogP contribution in [0.15, 0.2) is 58.6 Å². The molecule has 2 heterocycles. The molecule has 0 saturated heterocycles. The molecule has 1 atom stereocenters. The molecule has 0 radical (unpaired) electrons. The molecule has 0 saturated carbocycles. The van der Waals surface area contributed by atoms with Crippen LogP contribution in [0.5, 0.6) is 0 Å². The largest absolute Gasteiger partial charge is 0.216 e. The maximum atomic E-state index is 13.7. The summed E-state index contributed by atoms with van der Waals surface area (Å²) < 4.78 is 41.4. The third kappa shape index (κ3) is 4.06. The molecule has 0 spiro atoms. The van der Waals surface area contributed by atoms with Gasteiger partial charge in [0.2, 0.25) is 10.0 Å². The second-order valence-electron chi connectivity index (χ2n) is 4.97. The predicted molar refractivity (Wildman–Crippen MR) is 92.6 cm³/mol. The van der Waals surface area contributed by atoms with Crippen LogP contribution in [-0.2, 0) is 15.8 Å². The van der Waals surface area contributed by atoms with Gasteiger partial charge in [0.15, 0.2) is 0 Å². The van der Waals surface area contributed by atoms with Crippen molar-refractivity contribution in [3.8, 4) is 0 Å². The summed E-state index contributed by atoms with van der Waals surface area (Å²) in [4.78, 5) is 0.903. The van der Waals surface area contributed by atoms with Crippen LogP contribution in [0.4, 0.5) is 4.39 Å². The molecule has 0 bridgehead atoms. The number of benzene rings is 1. The van der Waals surface area contributed by atoms with Gasteiger partial charge in [-0.15, -0.1) is 11.3 Å². The SMILES string of the molecule is O=S(=O)(Cc1ccccc1F)N[C@@H](c1ccsc1)c1cccs1. The zero-order valence-electron chi connectivity index (χ0n) is 12.0. The number of nitrogens with one attached hydrogen (secondary N) is 1. The molecule has 1 aromatic carbocycles. The van der Waals surface area contributed by atoms with Gasteiger partial charge in [-0.1, -0.05) is 24.3 Å². The van der Waals surface area contributed by atoms with Crippen LogP contribution in [0.25, 0.3) is 0 Å². The molecule has 2 aromatic heterocycles. The first-order valence-electron chi connectivity index (χ1n) is 6.84. The second-order valence-corrected chi connectivity index (χ2v) is 8.49. The zero-order valence-corrected chi connectivity index (χ0v) is 14.4. The van der Waals surface area contributed by atoms with Gasteiger partial charge >= 0.3 is 0 Å². The van der Waals surface area contributed by atoms with Crippen LogP contribution in [0, 0.1) is 5.82 Å². The highest BCUT2D eigenvalue weighted by Crippen LogP contribution is 2.28. The fourth-order valence-electron chi connectivity index (χ4n) is 2.23. The minimum Gasteiger partial charge on any atom is -0.212 e. The zero-order chi connectivity index (χ0) is 16.3. The maximum Gasteiger partial charge on any atom is 0.216 e. The lowest BCUT2D eigenvalue weighted by molar-refractivity contribution is 0.567. The lowest BCUT2D eigenvalue weighted by Crippen LogP contribution is -2.30. The summed E-state index contributed by atoms with van der Waals surface area (Å²) in [5, 5.41) is 5.72. The van der Waals surface area contributed by atoms with Gasteiger partial charge in [-0.2, -0.15) is 11.3 Å². The smallest absolute Gasteiger partial charge is 0.212 e. The van der Waals surface area contributed by atoms with Crippen LogP contribution in [-0.4, -0.2) is 8.42 Å². The van der Waals surface area contributed by atoms with Crippen LogP contribution in [0.2, 0.25) is 0 Å². The number of sulfonamides is 1. The van der Waals surface area contributed by atoms with Crippen molar-refractivity contribution in [2.24, 2.45) is 0 Å². The normalized spacial score (nSPS) is 13.1. The topological polar surface area (TPSA) is 46.2 Å². The Morgan fingerprint density at radius 3 is 2.57 bits per heavy atom. The van der Waals surface area contributed by atoms with Gasteiger partial charge in [-0.25, -0.2) is 17.5 Å². The summed E-state index contributed by atoms with van der Waals surface area (Å²) in [6.45, 7) is 0. The Morgan fingerprint density at radius 1 is 1.09 bits per heavy atom.